The third kappa shape index (κ3) is 4.09. The minimum atomic E-state index is 0.833. The molecule has 0 amide bonds. The number of aromatic amines is 1. The number of fused-ring (bicyclic) bond motifs is 3. The molecule has 19 heavy (non-hydrogen) atoms. The number of rotatable bonds is 0. The molecule has 0 aliphatic heterocycles. The first-order chi connectivity index (χ1) is 9.18. The Hall–Kier alpha value is -1.83. The van der Waals surface area contributed by atoms with Crippen LogP contribution in [0.4, 0.5) is 0 Å². The number of benzene rings is 1. The second kappa shape index (κ2) is 7.57. The maximum Gasteiger partial charge on any atom is 0.0495 e. The van der Waals surface area contributed by atoms with Gasteiger partial charge in [0.1, 0.15) is 0 Å². The molecule has 0 atom stereocenters. The minimum Gasteiger partial charge on any atom is -0.354 e. The maximum absolute atomic E-state index is 4.12. The summed E-state index contributed by atoms with van der Waals surface area (Å²) >= 11 is 0. The average molecular weight is 256 g/mol. The van der Waals surface area contributed by atoms with Crippen LogP contribution in [0.5, 0.6) is 0 Å². The molecule has 1 aromatic carbocycles. The smallest absolute Gasteiger partial charge is 0.0495 e. The Morgan fingerprint density at radius 2 is 1.47 bits per heavy atom. The van der Waals surface area contributed by atoms with E-state index in [1.54, 1.807) is 6.20 Å². The van der Waals surface area contributed by atoms with Crippen molar-refractivity contribution in [2.45, 2.75) is 34.6 Å². The number of nitrogens with one attached hydrogen (secondary N) is 1. The topological polar surface area (TPSA) is 28.7 Å². The van der Waals surface area contributed by atoms with Crippen LogP contribution in [-0.4, -0.2) is 9.97 Å². The number of para-hydroxylation sites is 1. The Morgan fingerprint density at radius 1 is 0.895 bits per heavy atom. The molecule has 0 aliphatic rings. The molecule has 0 fully saturated rings. The van der Waals surface area contributed by atoms with E-state index in [1.165, 1.54) is 16.3 Å². The van der Waals surface area contributed by atoms with Gasteiger partial charge >= 0.3 is 0 Å². The molecule has 0 spiro atoms. The Balaban J connectivity index is 0.000000262. The quantitative estimate of drug-likeness (QED) is 0.573. The van der Waals surface area contributed by atoms with Gasteiger partial charge in [-0.05, 0) is 18.1 Å². The summed E-state index contributed by atoms with van der Waals surface area (Å²) in [5.41, 5.74) is 2.32. The molecule has 0 bridgehead atoms. The standard InChI is InChI=1S/C11H8N2.C4H10.C2H6/c1-2-4-10-8(3-1)9-7-12-6-5-11(9)13-10;1-4(2)3;1-2/h1-7,13H;4H,1-3H3;1-2H3. The minimum absolute atomic E-state index is 0.833. The van der Waals surface area contributed by atoms with E-state index in [0.29, 0.717) is 0 Å². The molecule has 102 valence electrons. The second-order valence-electron chi connectivity index (χ2n) is 4.82. The summed E-state index contributed by atoms with van der Waals surface area (Å²) in [6, 6.07) is 10.3. The van der Waals surface area contributed by atoms with Crippen LogP contribution in [-0.2, 0) is 0 Å². The molecule has 1 N–H and O–H groups in total. The van der Waals surface area contributed by atoms with Crippen molar-refractivity contribution in [3.05, 3.63) is 42.7 Å². The summed E-state index contributed by atoms with van der Waals surface area (Å²) in [7, 11) is 0. The van der Waals surface area contributed by atoms with E-state index in [-0.39, 0.29) is 0 Å². The molecule has 2 heterocycles. The van der Waals surface area contributed by atoms with Gasteiger partial charge in [0.05, 0.1) is 0 Å². The van der Waals surface area contributed by atoms with Crippen molar-refractivity contribution >= 4 is 21.8 Å². The van der Waals surface area contributed by atoms with Crippen LogP contribution in [0.15, 0.2) is 42.7 Å². The molecule has 0 radical (unpaired) electrons. The molecule has 0 saturated heterocycles. The summed E-state index contributed by atoms with van der Waals surface area (Å²) in [5, 5.41) is 2.43. The molecule has 0 unspecified atom stereocenters. The number of aromatic nitrogens is 2. The summed E-state index contributed by atoms with van der Waals surface area (Å²) in [6.07, 6.45) is 3.70. The zero-order valence-corrected chi connectivity index (χ0v) is 12.6. The number of hydrogen-bond donors (Lipinski definition) is 1. The summed E-state index contributed by atoms with van der Waals surface area (Å²) in [4.78, 5) is 7.45. The highest BCUT2D eigenvalue weighted by Crippen LogP contribution is 2.23. The Labute approximate surface area is 115 Å². The summed E-state index contributed by atoms with van der Waals surface area (Å²) < 4.78 is 0. The maximum atomic E-state index is 4.12. The predicted molar refractivity (Wildman–Crippen MR) is 85.5 cm³/mol. The van der Waals surface area contributed by atoms with Gasteiger partial charge in [0, 0.05) is 34.2 Å². The molecule has 2 nitrogen and oxygen atoms in total. The zero-order valence-electron chi connectivity index (χ0n) is 12.6. The summed E-state index contributed by atoms with van der Waals surface area (Å²) in [5.74, 6) is 0.833. The fraction of sp³-hybridized carbons (Fsp3) is 0.353. The first-order valence-corrected chi connectivity index (χ1v) is 6.99. The highest BCUT2D eigenvalue weighted by atomic mass is 14.7. The van der Waals surface area contributed by atoms with Gasteiger partial charge < -0.3 is 4.98 Å². The van der Waals surface area contributed by atoms with Gasteiger partial charge in [0.2, 0.25) is 0 Å². The van der Waals surface area contributed by atoms with Crippen molar-refractivity contribution in [2.75, 3.05) is 0 Å². The molecule has 0 saturated carbocycles. The lowest BCUT2D eigenvalue weighted by Gasteiger charge is -1.87. The van der Waals surface area contributed by atoms with E-state index < -0.39 is 0 Å². The Bertz CT molecular complexity index is 556. The van der Waals surface area contributed by atoms with Gasteiger partial charge in [-0.15, -0.1) is 0 Å². The van der Waals surface area contributed by atoms with Crippen LogP contribution in [0.25, 0.3) is 21.8 Å². The lowest BCUT2D eigenvalue weighted by molar-refractivity contribution is 0.737. The van der Waals surface area contributed by atoms with Gasteiger partial charge in [-0.2, -0.15) is 0 Å². The highest BCUT2D eigenvalue weighted by molar-refractivity contribution is 6.06. The number of H-pyrrole nitrogens is 1. The third-order valence-corrected chi connectivity index (χ3v) is 2.31. The lowest BCUT2D eigenvalue weighted by Crippen LogP contribution is -1.68. The van der Waals surface area contributed by atoms with Crippen molar-refractivity contribution in [3.63, 3.8) is 0 Å². The molecule has 3 rings (SSSR count). The van der Waals surface area contributed by atoms with Crippen LogP contribution in [0.1, 0.15) is 34.6 Å². The molecule has 0 aliphatic carbocycles. The van der Waals surface area contributed by atoms with E-state index >= 15 is 0 Å². The lowest BCUT2D eigenvalue weighted by atomic mass is 10.2. The van der Waals surface area contributed by atoms with Crippen molar-refractivity contribution in [1.82, 2.24) is 9.97 Å². The van der Waals surface area contributed by atoms with Gasteiger partial charge in [-0.1, -0.05) is 52.8 Å². The number of hydrogen-bond acceptors (Lipinski definition) is 1. The number of pyridine rings is 1. The second-order valence-corrected chi connectivity index (χ2v) is 4.82. The monoisotopic (exact) mass is 256 g/mol. The molecule has 2 aromatic heterocycles. The van der Waals surface area contributed by atoms with Crippen LogP contribution in [0.3, 0.4) is 0 Å². The van der Waals surface area contributed by atoms with E-state index in [4.69, 9.17) is 0 Å². The molecule has 3 aromatic rings. The van der Waals surface area contributed by atoms with Gasteiger partial charge in [0.25, 0.3) is 0 Å². The van der Waals surface area contributed by atoms with Gasteiger partial charge in [-0.25, -0.2) is 0 Å². The van der Waals surface area contributed by atoms with E-state index in [1.807, 2.05) is 38.2 Å². The first kappa shape index (κ1) is 15.2. The molecular formula is C17H24N2. The van der Waals surface area contributed by atoms with Crippen LogP contribution >= 0.6 is 0 Å². The fourth-order valence-corrected chi connectivity index (χ4v) is 1.69. The van der Waals surface area contributed by atoms with Crippen molar-refractivity contribution in [3.8, 4) is 0 Å². The predicted octanol–water partition coefficient (Wildman–Crippen LogP) is 5.40. The van der Waals surface area contributed by atoms with Gasteiger partial charge in [0.15, 0.2) is 0 Å². The SMILES string of the molecule is CC.CC(C)C.c1ccc2c(c1)[nH]c1ccncc12. The van der Waals surface area contributed by atoms with Crippen LogP contribution < -0.4 is 0 Å². The van der Waals surface area contributed by atoms with Crippen LogP contribution in [0, 0.1) is 5.92 Å². The highest BCUT2D eigenvalue weighted by Gasteiger charge is 2.00. The Kier molecular flexibility index (Phi) is 6.07. The largest absolute Gasteiger partial charge is 0.354 e. The van der Waals surface area contributed by atoms with Crippen LogP contribution in [0.2, 0.25) is 0 Å². The fourth-order valence-electron chi connectivity index (χ4n) is 1.69. The van der Waals surface area contributed by atoms with Crippen molar-refractivity contribution < 1.29 is 0 Å². The third-order valence-electron chi connectivity index (χ3n) is 2.31. The molecular weight excluding hydrogens is 232 g/mol. The Morgan fingerprint density at radius 3 is 2.16 bits per heavy atom. The zero-order chi connectivity index (χ0) is 14.3. The van der Waals surface area contributed by atoms with E-state index in [0.717, 1.165) is 11.4 Å². The van der Waals surface area contributed by atoms with Crippen molar-refractivity contribution in [1.29, 1.82) is 0 Å². The van der Waals surface area contributed by atoms with Crippen molar-refractivity contribution in [2.24, 2.45) is 5.92 Å². The van der Waals surface area contributed by atoms with Gasteiger partial charge in [-0.3, -0.25) is 4.98 Å². The number of nitrogens with zero attached hydrogens (tertiary/aromatic N) is 1. The molecule has 2 heteroatoms. The summed E-state index contributed by atoms with van der Waals surface area (Å²) in [6.45, 7) is 10.5. The first-order valence-electron chi connectivity index (χ1n) is 6.99. The normalized spacial score (nSPS) is 9.79. The van der Waals surface area contributed by atoms with E-state index in [2.05, 4.69) is 42.9 Å². The average Bonchev–Trinajstić information content (AvgIpc) is 2.79. The van der Waals surface area contributed by atoms with E-state index in [9.17, 15) is 0 Å².